The summed E-state index contributed by atoms with van der Waals surface area (Å²) in [5, 5.41) is 0. The molecule has 0 unspecified atom stereocenters. The van der Waals surface area contributed by atoms with Crippen molar-refractivity contribution in [3.8, 4) is 0 Å². The van der Waals surface area contributed by atoms with Gasteiger partial charge in [-0.1, -0.05) is 0 Å². The number of imidazole rings is 1. The van der Waals surface area contributed by atoms with Crippen LogP contribution in [0.25, 0.3) is 0 Å². The van der Waals surface area contributed by atoms with Crippen molar-refractivity contribution in [3.05, 3.63) is 42.5 Å². The Bertz CT molecular complexity index is 779. The third-order valence-corrected chi connectivity index (χ3v) is 5.09. The van der Waals surface area contributed by atoms with E-state index in [1.54, 1.807) is 6.20 Å². The monoisotopic (exact) mass is 315 g/mol. The third kappa shape index (κ3) is 3.44. The fraction of sp³-hybridized carbons (Fsp3) is 0.182. The van der Waals surface area contributed by atoms with Crippen molar-refractivity contribution >= 4 is 19.9 Å². The number of aromatic nitrogens is 2. The molecule has 1 aromatic carbocycles. The number of nitrogens with one attached hydrogen (secondary N) is 2. The molecule has 0 amide bonds. The number of H-pyrrole nitrogens is 1. The minimum Gasteiger partial charge on any atom is -0.347 e. The number of hydrogen-bond donors (Lipinski definition) is 2. The average molecular weight is 315 g/mol. The van der Waals surface area contributed by atoms with Crippen LogP contribution < -0.4 is 4.72 Å². The lowest BCUT2D eigenvalue weighted by molar-refractivity contribution is 0.579. The van der Waals surface area contributed by atoms with Gasteiger partial charge in [-0.2, -0.15) is 0 Å². The van der Waals surface area contributed by atoms with Gasteiger partial charge in [0.05, 0.1) is 16.3 Å². The molecule has 0 bridgehead atoms. The lowest BCUT2D eigenvalue weighted by atomic mass is 10.4. The van der Waals surface area contributed by atoms with Gasteiger partial charge in [-0.05, 0) is 24.3 Å². The van der Waals surface area contributed by atoms with Gasteiger partial charge in [0.15, 0.2) is 9.84 Å². The van der Waals surface area contributed by atoms with Gasteiger partial charge in [0.2, 0.25) is 10.0 Å². The molecule has 0 aliphatic carbocycles. The molecule has 2 aromatic rings. The summed E-state index contributed by atoms with van der Waals surface area (Å²) in [6, 6.07) is 5.02. The Morgan fingerprint density at radius 2 is 1.70 bits per heavy atom. The molecule has 0 spiro atoms. The fourth-order valence-electron chi connectivity index (χ4n) is 1.51. The van der Waals surface area contributed by atoms with Crippen LogP contribution in [0.1, 0.15) is 5.82 Å². The Balaban J connectivity index is 2.17. The molecule has 0 atom stereocenters. The first kappa shape index (κ1) is 14.7. The number of sulfonamides is 1. The Morgan fingerprint density at radius 3 is 2.20 bits per heavy atom. The molecule has 0 aliphatic rings. The predicted molar refractivity (Wildman–Crippen MR) is 72.2 cm³/mol. The Kier molecular flexibility index (Phi) is 3.93. The van der Waals surface area contributed by atoms with Crippen LogP contribution in [0.3, 0.4) is 0 Å². The number of benzene rings is 1. The zero-order valence-electron chi connectivity index (χ0n) is 10.6. The maximum absolute atomic E-state index is 12.0. The molecule has 0 radical (unpaired) electrons. The zero-order chi connectivity index (χ0) is 14.8. The number of hydrogen-bond acceptors (Lipinski definition) is 5. The molecule has 20 heavy (non-hydrogen) atoms. The van der Waals surface area contributed by atoms with Crippen LogP contribution in [0, 0.1) is 0 Å². The van der Waals surface area contributed by atoms with E-state index in [1.807, 2.05) is 0 Å². The maximum atomic E-state index is 12.0. The quantitative estimate of drug-likeness (QED) is 0.824. The molecular weight excluding hydrogens is 302 g/mol. The zero-order valence-corrected chi connectivity index (χ0v) is 12.2. The van der Waals surface area contributed by atoms with Crippen LogP contribution in [0.15, 0.2) is 46.5 Å². The summed E-state index contributed by atoms with van der Waals surface area (Å²) >= 11 is 0. The van der Waals surface area contributed by atoms with Gasteiger partial charge in [0.25, 0.3) is 0 Å². The lowest BCUT2D eigenvalue weighted by Crippen LogP contribution is -2.23. The van der Waals surface area contributed by atoms with Crippen molar-refractivity contribution < 1.29 is 16.8 Å². The first-order valence-electron chi connectivity index (χ1n) is 5.57. The smallest absolute Gasteiger partial charge is 0.240 e. The first-order valence-corrected chi connectivity index (χ1v) is 8.94. The highest BCUT2D eigenvalue weighted by Gasteiger charge is 2.15. The Labute approximate surface area is 117 Å². The van der Waals surface area contributed by atoms with Gasteiger partial charge >= 0.3 is 0 Å². The van der Waals surface area contributed by atoms with Crippen LogP contribution >= 0.6 is 0 Å². The molecule has 7 nitrogen and oxygen atoms in total. The van der Waals surface area contributed by atoms with E-state index >= 15 is 0 Å². The van der Waals surface area contributed by atoms with E-state index in [0.29, 0.717) is 5.82 Å². The largest absolute Gasteiger partial charge is 0.347 e. The normalized spacial score (nSPS) is 12.4. The van der Waals surface area contributed by atoms with Gasteiger partial charge in [-0.15, -0.1) is 0 Å². The molecule has 9 heteroatoms. The molecule has 2 rings (SSSR count). The summed E-state index contributed by atoms with van der Waals surface area (Å²) in [5.41, 5.74) is 0. The van der Waals surface area contributed by atoms with Crippen molar-refractivity contribution in [3.63, 3.8) is 0 Å². The minimum atomic E-state index is -3.70. The molecule has 108 valence electrons. The second kappa shape index (κ2) is 5.35. The van der Waals surface area contributed by atoms with Gasteiger partial charge in [-0.3, -0.25) is 0 Å². The molecule has 0 aliphatic heterocycles. The lowest BCUT2D eigenvalue weighted by Gasteiger charge is -2.06. The molecule has 1 heterocycles. The highest BCUT2D eigenvalue weighted by atomic mass is 32.2. The Morgan fingerprint density at radius 1 is 1.10 bits per heavy atom. The van der Waals surface area contributed by atoms with Gasteiger partial charge < -0.3 is 4.98 Å². The van der Waals surface area contributed by atoms with E-state index in [-0.39, 0.29) is 16.3 Å². The van der Waals surface area contributed by atoms with Crippen molar-refractivity contribution in [2.45, 2.75) is 16.3 Å². The van der Waals surface area contributed by atoms with Gasteiger partial charge in [-0.25, -0.2) is 26.5 Å². The minimum absolute atomic E-state index is 0.00328. The number of aromatic amines is 1. The number of sulfone groups is 1. The molecule has 2 N–H and O–H groups in total. The van der Waals surface area contributed by atoms with Crippen LogP contribution in [0.5, 0.6) is 0 Å². The van der Waals surface area contributed by atoms with E-state index < -0.39 is 19.9 Å². The first-order chi connectivity index (χ1) is 9.29. The van der Waals surface area contributed by atoms with Crippen molar-refractivity contribution in [1.82, 2.24) is 14.7 Å². The van der Waals surface area contributed by atoms with Crippen molar-refractivity contribution in [1.29, 1.82) is 0 Å². The van der Waals surface area contributed by atoms with Crippen LogP contribution in [0.2, 0.25) is 0 Å². The molecule has 0 saturated heterocycles. The number of rotatable bonds is 5. The number of nitrogens with zero attached hydrogens (tertiary/aromatic N) is 1. The highest BCUT2D eigenvalue weighted by Crippen LogP contribution is 2.14. The predicted octanol–water partition coefficient (Wildman–Crippen LogP) is 0.292. The van der Waals surface area contributed by atoms with Gasteiger partial charge in [0.1, 0.15) is 5.82 Å². The summed E-state index contributed by atoms with van der Waals surface area (Å²) < 4.78 is 48.9. The highest BCUT2D eigenvalue weighted by molar-refractivity contribution is 7.90. The van der Waals surface area contributed by atoms with E-state index in [2.05, 4.69) is 14.7 Å². The van der Waals surface area contributed by atoms with Crippen LogP contribution in [0.4, 0.5) is 0 Å². The SMILES string of the molecule is CS(=O)(=O)c1ccc(S(=O)(=O)NCc2ncc[nH]2)cc1. The summed E-state index contributed by atoms with van der Waals surface area (Å²) in [5.74, 6) is 0.487. The maximum Gasteiger partial charge on any atom is 0.240 e. The Hall–Kier alpha value is -1.71. The second-order valence-corrected chi connectivity index (χ2v) is 7.89. The standard InChI is InChI=1S/C11H13N3O4S2/c1-19(15,16)9-2-4-10(5-3-9)20(17,18)14-8-11-12-6-7-13-11/h2-7,14H,8H2,1H3,(H,12,13). The van der Waals surface area contributed by atoms with Crippen molar-refractivity contribution in [2.24, 2.45) is 0 Å². The van der Waals surface area contributed by atoms with Crippen LogP contribution in [-0.4, -0.2) is 33.1 Å². The summed E-state index contributed by atoms with van der Waals surface area (Å²) in [4.78, 5) is 6.74. The summed E-state index contributed by atoms with van der Waals surface area (Å²) in [6.07, 6.45) is 4.17. The van der Waals surface area contributed by atoms with E-state index in [4.69, 9.17) is 0 Å². The molecule has 1 aromatic heterocycles. The topological polar surface area (TPSA) is 109 Å². The van der Waals surface area contributed by atoms with Gasteiger partial charge in [0, 0.05) is 18.6 Å². The molecular formula is C11H13N3O4S2. The second-order valence-electron chi connectivity index (χ2n) is 4.10. The van der Waals surface area contributed by atoms with Crippen molar-refractivity contribution in [2.75, 3.05) is 6.26 Å². The third-order valence-electron chi connectivity index (χ3n) is 2.55. The van der Waals surface area contributed by atoms with E-state index in [0.717, 1.165) is 6.26 Å². The fourth-order valence-corrected chi connectivity index (χ4v) is 3.13. The van der Waals surface area contributed by atoms with Crippen LogP contribution in [-0.2, 0) is 26.4 Å². The molecule has 0 fully saturated rings. The summed E-state index contributed by atoms with van der Waals surface area (Å²) in [6.45, 7) is 0.0309. The summed E-state index contributed by atoms with van der Waals surface area (Å²) in [7, 11) is -7.05. The van der Waals surface area contributed by atoms with E-state index in [1.165, 1.54) is 30.5 Å². The molecule has 0 saturated carbocycles. The van der Waals surface area contributed by atoms with E-state index in [9.17, 15) is 16.8 Å². The average Bonchev–Trinajstić information content (AvgIpc) is 2.89.